The fraction of sp³-hybridized carbons (Fsp3) is 0.400. The molecule has 2 bridgehead atoms. The van der Waals surface area contributed by atoms with E-state index in [-0.39, 0.29) is 18.0 Å². The first-order valence-corrected chi connectivity index (χ1v) is 8.59. The average molecular weight is 339 g/mol. The molecule has 0 unspecified atom stereocenters. The summed E-state index contributed by atoms with van der Waals surface area (Å²) in [5.74, 6) is -2.60. The van der Waals surface area contributed by atoms with Gasteiger partial charge in [0, 0.05) is 0 Å². The highest BCUT2D eigenvalue weighted by Crippen LogP contribution is 2.57. The van der Waals surface area contributed by atoms with Crippen LogP contribution in [0, 0.1) is 11.8 Å². The molecule has 2 fully saturated rings. The lowest BCUT2D eigenvalue weighted by Crippen LogP contribution is -2.45. The van der Waals surface area contributed by atoms with E-state index in [9.17, 15) is 14.7 Å². The summed E-state index contributed by atoms with van der Waals surface area (Å²) in [5.41, 5.74) is 0.161. The highest BCUT2D eigenvalue weighted by Gasteiger charge is 2.71. The molecule has 1 spiro atoms. The van der Waals surface area contributed by atoms with Gasteiger partial charge >= 0.3 is 5.97 Å². The Hall–Kier alpha value is -2.40. The third-order valence-electron chi connectivity index (χ3n) is 5.84. The maximum Gasteiger partial charge on any atom is 0.310 e. The summed E-state index contributed by atoms with van der Waals surface area (Å²) in [7, 11) is 0. The van der Waals surface area contributed by atoms with Gasteiger partial charge in [-0.05, 0) is 18.9 Å². The van der Waals surface area contributed by atoms with Gasteiger partial charge in [0.15, 0.2) is 0 Å². The van der Waals surface area contributed by atoms with E-state index in [4.69, 9.17) is 4.74 Å². The predicted octanol–water partition coefficient (Wildman–Crippen LogP) is 2.56. The minimum Gasteiger partial charge on any atom is -0.481 e. The number of benzene rings is 1. The smallest absolute Gasteiger partial charge is 0.310 e. The summed E-state index contributed by atoms with van der Waals surface area (Å²) in [6, 6.07) is 9.37. The molecular weight excluding hydrogens is 318 g/mol. The fourth-order valence-corrected chi connectivity index (χ4v) is 4.77. The Balaban J connectivity index is 1.78. The number of hydrogen-bond acceptors (Lipinski definition) is 3. The Morgan fingerprint density at radius 2 is 2.16 bits per heavy atom. The van der Waals surface area contributed by atoms with Gasteiger partial charge in [0.05, 0.1) is 24.1 Å². The van der Waals surface area contributed by atoms with Crippen molar-refractivity contribution in [3.63, 3.8) is 0 Å². The van der Waals surface area contributed by atoms with Gasteiger partial charge in [0.25, 0.3) is 0 Å². The van der Waals surface area contributed by atoms with Crippen molar-refractivity contribution in [2.45, 2.75) is 37.1 Å². The normalized spacial score (nSPS) is 36.5. The molecule has 1 N–H and O–H groups in total. The van der Waals surface area contributed by atoms with Crippen LogP contribution in [0.3, 0.4) is 0 Å². The second-order valence-corrected chi connectivity index (χ2v) is 7.01. The minimum absolute atomic E-state index is 0.137. The molecule has 0 aliphatic carbocycles. The summed E-state index contributed by atoms with van der Waals surface area (Å²) in [4.78, 5) is 26.9. The lowest BCUT2D eigenvalue weighted by Gasteiger charge is -2.36. The van der Waals surface area contributed by atoms with E-state index < -0.39 is 29.5 Å². The summed E-state index contributed by atoms with van der Waals surface area (Å²) in [6.45, 7) is 5.81. The lowest BCUT2D eigenvalue weighted by atomic mass is 9.74. The zero-order valence-corrected chi connectivity index (χ0v) is 14.0. The largest absolute Gasteiger partial charge is 0.481 e. The molecule has 3 aliphatic rings. The number of ether oxygens (including phenoxy) is 1. The third kappa shape index (κ3) is 2.05. The van der Waals surface area contributed by atoms with Crippen LogP contribution in [0.4, 0.5) is 0 Å². The van der Waals surface area contributed by atoms with E-state index in [0.29, 0.717) is 6.42 Å². The second kappa shape index (κ2) is 5.56. The monoisotopic (exact) mass is 339 g/mol. The van der Waals surface area contributed by atoms with Gasteiger partial charge in [-0.15, -0.1) is 6.58 Å². The number of carbonyl (C=O) groups excluding carboxylic acids is 1. The zero-order chi connectivity index (χ0) is 17.8. The number of amides is 1. The van der Waals surface area contributed by atoms with Crippen molar-refractivity contribution in [1.29, 1.82) is 0 Å². The van der Waals surface area contributed by atoms with Crippen molar-refractivity contribution in [3.8, 4) is 0 Å². The number of aliphatic carboxylic acids is 1. The van der Waals surface area contributed by atoms with E-state index in [1.165, 1.54) is 0 Å². The molecule has 5 nitrogen and oxygen atoms in total. The van der Waals surface area contributed by atoms with Gasteiger partial charge in [-0.25, -0.2) is 0 Å². The Bertz CT molecular complexity index is 758. The number of hydrogen-bond donors (Lipinski definition) is 1. The molecule has 1 aromatic carbocycles. The van der Waals surface area contributed by atoms with Crippen LogP contribution >= 0.6 is 0 Å². The van der Waals surface area contributed by atoms with Crippen LogP contribution in [0.2, 0.25) is 0 Å². The van der Waals surface area contributed by atoms with Gasteiger partial charge in [-0.2, -0.15) is 0 Å². The van der Waals surface area contributed by atoms with Crippen LogP contribution < -0.4 is 0 Å². The molecule has 0 radical (unpaired) electrons. The number of likely N-dealkylation sites (tertiary alicyclic amines) is 1. The molecule has 2 saturated heterocycles. The highest BCUT2D eigenvalue weighted by molar-refractivity contribution is 5.91. The number of carboxylic acid groups (broad SMARTS) is 1. The van der Waals surface area contributed by atoms with Crippen LogP contribution in [0.25, 0.3) is 0 Å². The van der Waals surface area contributed by atoms with Crippen LogP contribution in [-0.4, -0.2) is 39.6 Å². The average Bonchev–Trinajstić information content (AvgIpc) is 3.24. The summed E-state index contributed by atoms with van der Waals surface area (Å²) >= 11 is 0. The molecule has 0 saturated carbocycles. The van der Waals surface area contributed by atoms with E-state index in [1.807, 2.05) is 48.2 Å². The van der Waals surface area contributed by atoms with Gasteiger partial charge in [-0.1, -0.05) is 48.6 Å². The lowest BCUT2D eigenvalue weighted by molar-refractivity contribution is -0.149. The maximum atomic E-state index is 13.3. The number of carboxylic acids is 1. The SMILES string of the molecule is C=CC[C@@H]1N([C@H](C)c2ccccc2)C(=O)[C@@H]2[C@@H](C(=O)O)[C@@H]3C=C[C@]21O3. The molecule has 4 rings (SSSR count). The van der Waals surface area contributed by atoms with Crippen LogP contribution in [0.15, 0.2) is 55.1 Å². The van der Waals surface area contributed by atoms with Crippen molar-refractivity contribution in [3.05, 3.63) is 60.7 Å². The highest BCUT2D eigenvalue weighted by atomic mass is 16.5. The number of fused-ring (bicyclic) bond motifs is 1. The van der Waals surface area contributed by atoms with Gasteiger partial charge < -0.3 is 14.7 Å². The molecular formula is C20H21NO4. The Kier molecular flexibility index (Phi) is 3.58. The molecule has 0 aromatic heterocycles. The molecule has 1 amide bonds. The van der Waals surface area contributed by atoms with Crippen molar-refractivity contribution in [2.75, 3.05) is 0 Å². The van der Waals surface area contributed by atoms with E-state index >= 15 is 0 Å². The minimum atomic E-state index is -0.971. The van der Waals surface area contributed by atoms with Gasteiger partial charge in [0.2, 0.25) is 5.91 Å². The Morgan fingerprint density at radius 3 is 2.80 bits per heavy atom. The van der Waals surface area contributed by atoms with E-state index in [0.717, 1.165) is 5.56 Å². The van der Waals surface area contributed by atoms with Gasteiger partial charge in [-0.3, -0.25) is 9.59 Å². The maximum absolute atomic E-state index is 13.3. The standard InChI is InChI=1S/C20H21NO4/c1-3-7-15-20-11-10-14(25-20)16(19(23)24)17(20)18(22)21(15)12(2)13-8-5-4-6-9-13/h3-6,8-12,14-17H,1,7H2,2H3,(H,23,24)/t12-,14+,15+,16+,17+,20-/m1/s1. The van der Waals surface area contributed by atoms with Crippen molar-refractivity contribution in [2.24, 2.45) is 11.8 Å². The summed E-state index contributed by atoms with van der Waals surface area (Å²) in [5, 5.41) is 9.65. The first-order valence-electron chi connectivity index (χ1n) is 8.59. The zero-order valence-electron chi connectivity index (χ0n) is 14.0. The van der Waals surface area contributed by atoms with E-state index in [1.54, 1.807) is 12.2 Å². The third-order valence-corrected chi connectivity index (χ3v) is 5.84. The number of carbonyl (C=O) groups is 2. The van der Waals surface area contributed by atoms with Crippen molar-refractivity contribution < 1.29 is 19.4 Å². The first kappa shape index (κ1) is 16.1. The van der Waals surface area contributed by atoms with E-state index in [2.05, 4.69) is 6.58 Å². The van der Waals surface area contributed by atoms with Crippen LogP contribution in [0.5, 0.6) is 0 Å². The van der Waals surface area contributed by atoms with Crippen molar-refractivity contribution in [1.82, 2.24) is 4.90 Å². The molecule has 3 aliphatic heterocycles. The number of nitrogens with zero attached hydrogens (tertiary/aromatic N) is 1. The van der Waals surface area contributed by atoms with Crippen LogP contribution in [0.1, 0.15) is 24.9 Å². The quantitative estimate of drug-likeness (QED) is 0.837. The Labute approximate surface area is 146 Å². The fourth-order valence-electron chi connectivity index (χ4n) is 4.77. The van der Waals surface area contributed by atoms with Gasteiger partial charge in [0.1, 0.15) is 11.5 Å². The first-order chi connectivity index (χ1) is 12.0. The molecule has 25 heavy (non-hydrogen) atoms. The molecule has 130 valence electrons. The predicted molar refractivity (Wildman–Crippen MR) is 91.7 cm³/mol. The molecule has 5 heteroatoms. The number of rotatable bonds is 5. The van der Waals surface area contributed by atoms with Crippen LogP contribution in [-0.2, 0) is 14.3 Å². The summed E-state index contributed by atoms with van der Waals surface area (Å²) in [6.07, 6.45) is 5.52. The second-order valence-electron chi connectivity index (χ2n) is 7.01. The Morgan fingerprint density at radius 1 is 1.44 bits per heavy atom. The molecule has 3 heterocycles. The topological polar surface area (TPSA) is 66.8 Å². The molecule has 1 aromatic rings. The van der Waals surface area contributed by atoms with Crippen molar-refractivity contribution >= 4 is 11.9 Å². The summed E-state index contributed by atoms with van der Waals surface area (Å²) < 4.78 is 6.11. The molecule has 6 atom stereocenters.